The van der Waals surface area contributed by atoms with Crippen molar-refractivity contribution < 1.29 is 31.3 Å². The van der Waals surface area contributed by atoms with Crippen molar-refractivity contribution in [1.82, 2.24) is 0 Å². The average Bonchev–Trinajstić information content (AvgIpc) is 3.18. The summed E-state index contributed by atoms with van der Waals surface area (Å²) < 4.78 is 0. The Labute approximate surface area is 315 Å². The fraction of sp³-hybridized carbons (Fsp3) is 0. The quantitative estimate of drug-likeness (QED) is 0.103. The maximum atomic E-state index is 14.1. The third-order valence-electron chi connectivity index (χ3n) is 8.43. The molecule has 7 rings (SSSR count). The molecule has 7 heteroatoms. The molecule has 0 spiro atoms. The number of hydrogen-bond acceptors (Lipinski definition) is 4. The Morgan fingerprint density at radius 1 is 0.333 bits per heavy atom. The molecule has 7 aromatic carbocycles. The van der Waals surface area contributed by atoms with Gasteiger partial charge in [-0.2, -0.15) is 0 Å². The second kappa shape index (κ2) is 17.3. The average molecular weight is 880 g/mol. The Morgan fingerprint density at radius 2 is 0.588 bits per heavy atom. The second-order valence-corrected chi connectivity index (χ2v) is 16.5. The van der Waals surface area contributed by atoms with Crippen molar-refractivity contribution in [2.24, 2.45) is 9.98 Å². The van der Waals surface area contributed by atoms with Gasteiger partial charge in [-0.25, -0.2) is 0 Å². The first kappa shape index (κ1) is 35.8. The molecular formula is C44H34N2O2P2Pt+2. The molecule has 0 saturated carbocycles. The van der Waals surface area contributed by atoms with E-state index in [2.05, 4.69) is 58.5 Å². The first-order valence-electron chi connectivity index (χ1n) is 16.4. The smallest absolute Gasteiger partial charge is 0.858 e. The number of para-hydroxylation sites is 2. The maximum Gasteiger partial charge on any atom is 2.00 e. The van der Waals surface area contributed by atoms with E-state index in [0.717, 1.165) is 10.6 Å². The summed E-state index contributed by atoms with van der Waals surface area (Å²) in [4.78, 5) is 9.19. The molecule has 0 amide bonds. The molecule has 0 N–H and O–H groups in total. The zero-order chi connectivity index (χ0) is 34.1. The first-order chi connectivity index (χ1) is 24.7. The third-order valence-corrected chi connectivity index (χ3v) is 14.0. The van der Waals surface area contributed by atoms with Crippen LogP contribution < -0.4 is 42.0 Å². The van der Waals surface area contributed by atoms with Gasteiger partial charge in [0.2, 0.25) is 0 Å². The standard InChI is InChI=1S/C44H34N2O2P2.Pt/c47-43(37-27-13-17-31-41(37)49(33-19-5-1-6-20-33)34-21-7-2-8-22-34)45-39-29-15-16-30-40(39)46-44(48)38-28-14-18-32-42(38)50(35-23-9-3-10-24-35)36-25-11-4-12-26-36;/h1-32H,(H,45,47)(H,46,48);/q;+2. The molecule has 51 heavy (non-hydrogen) atoms. The van der Waals surface area contributed by atoms with Gasteiger partial charge in [-0.3, -0.25) is 9.98 Å². The van der Waals surface area contributed by atoms with Gasteiger partial charge in [0.15, 0.2) is 0 Å². The van der Waals surface area contributed by atoms with E-state index in [1.54, 1.807) is 12.1 Å². The molecule has 0 fully saturated rings. The molecule has 0 saturated heterocycles. The topological polar surface area (TPSA) is 70.8 Å². The van der Waals surface area contributed by atoms with Crippen LogP contribution in [-0.2, 0) is 21.1 Å². The van der Waals surface area contributed by atoms with Crippen molar-refractivity contribution in [3.63, 3.8) is 0 Å². The number of hydrogen-bond donors (Lipinski definition) is 0. The van der Waals surface area contributed by atoms with Crippen molar-refractivity contribution in [1.29, 1.82) is 0 Å². The Balaban J connectivity index is 0.00000448. The van der Waals surface area contributed by atoms with E-state index in [1.807, 2.05) is 133 Å². The number of aliphatic imine (C=N–C) groups is 2. The van der Waals surface area contributed by atoms with Gasteiger partial charge in [0.05, 0.1) is 27.2 Å². The fourth-order valence-electron chi connectivity index (χ4n) is 6.14. The number of rotatable bonds is 10. The Kier molecular flexibility index (Phi) is 12.2. The van der Waals surface area contributed by atoms with Gasteiger partial charge in [-0.15, -0.1) is 0 Å². The van der Waals surface area contributed by atoms with Gasteiger partial charge in [-0.05, 0) is 84.6 Å². The summed E-state index contributed by atoms with van der Waals surface area (Å²) in [5, 5.41) is 34.8. The van der Waals surface area contributed by atoms with E-state index in [9.17, 15) is 10.2 Å². The van der Waals surface area contributed by atoms with Crippen LogP contribution in [-0.4, -0.2) is 11.8 Å². The van der Waals surface area contributed by atoms with Crippen LogP contribution in [0.4, 0.5) is 11.4 Å². The molecule has 7 aromatic rings. The Morgan fingerprint density at radius 3 is 0.902 bits per heavy atom. The zero-order valence-electron chi connectivity index (χ0n) is 27.5. The van der Waals surface area contributed by atoms with Gasteiger partial charge < -0.3 is 10.2 Å². The Hall–Kier alpha value is -4.97. The summed E-state index contributed by atoms with van der Waals surface area (Å²) in [6.45, 7) is 0. The maximum absolute atomic E-state index is 14.1. The monoisotopic (exact) mass is 879 g/mol. The summed E-state index contributed by atoms with van der Waals surface area (Å²) in [6, 6.07) is 63.9. The molecule has 0 radical (unpaired) electrons. The molecule has 0 atom stereocenters. The minimum Gasteiger partial charge on any atom is -0.858 e. The summed E-state index contributed by atoms with van der Waals surface area (Å²) in [5.74, 6) is -0.742. The first-order valence-corrected chi connectivity index (χ1v) is 19.4. The van der Waals surface area contributed by atoms with Crippen molar-refractivity contribution in [3.05, 3.63) is 205 Å². The van der Waals surface area contributed by atoms with Gasteiger partial charge in [0.25, 0.3) is 0 Å². The molecule has 4 nitrogen and oxygen atoms in total. The molecule has 250 valence electrons. The van der Waals surface area contributed by atoms with Crippen molar-refractivity contribution in [3.8, 4) is 0 Å². The molecule has 0 aliphatic heterocycles. The summed E-state index contributed by atoms with van der Waals surface area (Å²) in [5.41, 5.74) is 1.78. The minimum atomic E-state index is -1.52. The van der Waals surface area contributed by atoms with Crippen LogP contribution in [0.3, 0.4) is 0 Å². The Bertz CT molecular complexity index is 2010. The molecular weight excluding hydrogens is 846 g/mol. The summed E-state index contributed by atoms with van der Waals surface area (Å²) >= 11 is 0. The van der Waals surface area contributed by atoms with Gasteiger partial charge >= 0.3 is 21.1 Å². The molecule has 0 aromatic heterocycles. The van der Waals surface area contributed by atoms with Crippen LogP contribution in [0.2, 0.25) is 0 Å². The molecule has 0 aliphatic rings. The fourth-order valence-corrected chi connectivity index (χ4v) is 11.6. The van der Waals surface area contributed by atoms with Gasteiger partial charge in [-0.1, -0.05) is 121 Å². The van der Waals surface area contributed by atoms with Gasteiger partial charge in [0, 0.05) is 11.1 Å². The van der Waals surface area contributed by atoms with Crippen LogP contribution in [0, 0.1) is 0 Å². The van der Waals surface area contributed by atoms with Gasteiger partial charge in [0.1, 0.15) is 31.8 Å². The predicted molar refractivity (Wildman–Crippen MR) is 212 cm³/mol. The van der Waals surface area contributed by atoms with E-state index in [1.165, 1.54) is 21.2 Å². The van der Waals surface area contributed by atoms with Crippen LogP contribution in [0.25, 0.3) is 0 Å². The van der Waals surface area contributed by atoms with Crippen molar-refractivity contribution in [2.75, 3.05) is 0 Å². The number of benzene rings is 7. The van der Waals surface area contributed by atoms with E-state index >= 15 is 0 Å². The van der Waals surface area contributed by atoms with Crippen molar-refractivity contribution in [2.45, 2.75) is 0 Å². The predicted octanol–water partition coefficient (Wildman–Crippen LogP) is 5.54. The van der Waals surface area contributed by atoms with Crippen LogP contribution in [0.5, 0.6) is 0 Å². The summed E-state index contributed by atoms with van der Waals surface area (Å²) in [7, 11) is -3.04. The largest absolute Gasteiger partial charge is 2.00 e. The van der Waals surface area contributed by atoms with Crippen LogP contribution >= 0.6 is 15.8 Å². The van der Waals surface area contributed by atoms with Crippen molar-refractivity contribution >= 4 is 70.8 Å². The normalized spacial score (nSPS) is 11.7. The third kappa shape index (κ3) is 8.33. The molecule has 0 bridgehead atoms. The zero-order valence-corrected chi connectivity index (χ0v) is 31.8. The van der Waals surface area contributed by atoms with Crippen LogP contribution in [0.15, 0.2) is 204 Å². The number of nitrogens with zero attached hydrogens (tertiary/aromatic N) is 2. The van der Waals surface area contributed by atoms with E-state index in [0.29, 0.717) is 22.5 Å². The van der Waals surface area contributed by atoms with E-state index in [4.69, 9.17) is 0 Å². The van der Waals surface area contributed by atoms with Crippen LogP contribution in [0.1, 0.15) is 11.1 Å². The molecule has 0 aliphatic carbocycles. The second-order valence-electron chi connectivity index (χ2n) is 11.6. The minimum absolute atomic E-state index is 0. The summed E-state index contributed by atoms with van der Waals surface area (Å²) in [6.07, 6.45) is 0. The van der Waals surface area contributed by atoms with E-state index < -0.39 is 15.8 Å². The molecule has 0 heterocycles. The SMILES string of the molecule is [O-]C(=Nc1ccccc1N=C([O-])c1ccccc1[PH+](c1ccccc1)c1ccccc1)c1ccccc1[PH+](c1ccccc1)c1ccccc1.[Pt+2]. The van der Waals surface area contributed by atoms with E-state index in [-0.39, 0.29) is 32.9 Å². The molecule has 0 unspecified atom stereocenters.